The molecule has 1 saturated heterocycles. The van der Waals surface area contributed by atoms with Crippen molar-refractivity contribution in [1.82, 2.24) is 24.6 Å². The summed E-state index contributed by atoms with van der Waals surface area (Å²) in [6.45, 7) is 11.2. The number of amides is 1. The van der Waals surface area contributed by atoms with Crippen LogP contribution in [0.5, 0.6) is 0 Å². The molecular formula is C29H34N6O. The summed E-state index contributed by atoms with van der Waals surface area (Å²) in [4.78, 5) is 27.2. The Labute approximate surface area is 212 Å². The molecule has 4 aromatic rings. The maximum Gasteiger partial charge on any atom is 0.223 e. The van der Waals surface area contributed by atoms with E-state index in [1.165, 1.54) is 5.56 Å². The molecule has 0 atom stereocenters. The Morgan fingerprint density at radius 3 is 2.17 bits per heavy atom. The molecule has 1 fully saturated rings. The van der Waals surface area contributed by atoms with Crippen LogP contribution < -0.4 is 4.90 Å². The number of benzene rings is 2. The number of hydrogen-bond donors (Lipinski definition) is 0. The first kappa shape index (κ1) is 24.0. The van der Waals surface area contributed by atoms with Gasteiger partial charge in [0.2, 0.25) is 5.91 Å². The SMILES string of the molecule is Cc1nn(-c2ccccc2)c2nc(Cc3ccccc3)nc(N3CCN(C(=O)CC(C)(C)C)CC3)c12. The summed E-state index contributed by atoms with van der Waals surface area (Å²) in [5.41, 5.74) is 3.86. The third-order valence-corrected chi connectivity index (χ3v) is 6.55. The van der Waals surface area contributed by atoms with Gasteiger partial charge >= 0.3 is 0 Å². The Bertz CT molecular complexity index is 1350. The fraction of sp³-hybridized carbons (Fsp3) is 0.379. The van der Waals surface area contributed by atoms with Gasteiger partial charge in [0.1, 0.15) is 11.6 Å². The number of aromatic nitrogens is 4. The van der Waals surface area contributed by atoms with E-state index in [0.717, 1.165) is 47.1 Å². The lowest BCUT2D eigenvalue weighted by Crippen LogP contribution is -2.49. The molecule has 1 amide bonds. The van der Waals surface area contributed by atoms with Crippen molar-refractivity contribution < 1.29 is 4.79 Å². The molecular weight excluding hydrogens is 448 g/mol. The first-order chi connectivity index (χ1) is 17.3. The lowest BCUT2D eigenvalue weighted by molar-refractivity contribution is -0.133. The number of carbonyl (C=O) groups excluding carboxylic acids is 1. The molecule has 0 N–H and O–H groups in total. The highest BCUT2D eigenvalue weighted by Crippen LogP contribution is 2.30. The van der Waals surface area contributed by atoms with Gasteiger partial charge in [0.15, 0.2) is 5.65 Å². The van der Waals surface area contributed by atoms with Crippen molar-refractivity contribution in [3.8, 4) is 5.69 Å². The zero-order chi connectivity index (χ0) is 25.3. The summed E-state index contributed by atoms with van der Waals surface area (Å²) >= 11 is 0. The second-order valence-electron chi connectivity index (χ2n) is 10.8. The third kappa shape index (κ3) is 5.10. The van der Waals surface area contributed by atoms with Crippen LogP contribution in [-0.2, 0) is 11.2 Å². The third-order valence-electron chi connectivity index (χ3n) is 6.55. The fourth-order valence-corrected chi connectivity index (χ4v) is 4.77. The lowest BCUT2D eigenvalue weighted by Gasteiger charge is -2.36. The summed E-state index contributed by atoms with van der Waals surface area (Å²) < 4.78 is 1.92. The molecule has 7 heteroatoms. The predicted molar refractivity (Wildman–Crippen MR) is 144 cm³/mol. The Morgan fingerprint density at radius 1 is 0.889 bits per heavy atom. The van der Waals surface area contributed by atoms with Gasteiger partial charge in [0.25, 0.3) is 0 Å². The fourth-order valence-electron chi connectivity index (χ4n) is 4.77. The molecule has 0 bridgehead atoms. The van der Waals surface area contributed by atoms with Crippen LogP contribution in [0.15, 0.2) is 60.7 Å². The van der Waals surface area contributed by atoms with E-state index in [1.54, 1.807) is 0 Å². The van der Waals surface area contributed by atoms with Crippen molar-refractivity contribution in [3.63, 3.8) is 0 Å². The average molecular weight is 483 g/mol. The lowest BCUT2D eigenvalue weighted by atomic mass is 9.91. The summed E-state index contributed by atoms with van der Waals surface area (Å²) in [5.74, 6) is 1.91. The van der Waals surface area contributed by atoms with Crippen LogP contribution in [0.2, 0.25) is 0 Å². The van der Waals surface area contributed by atoms with E-state index in [1.807, 2.05) is 65.0 Å². The highest BCUT2D eigenvalue weighted by atomic mass is 16.2. The molecule has 5 rings (SSSR count). The number of carbonyl (C=O) groups is 1. The first-order valence-corrected chi connectivity index (χ1v) is 12.7. The Hall–Kier alpha value is -3.74. The Morgan fingerprint density at radius 2 is 1.53 bits per heavy atom. The van der Waals surface area contributed by atoms with Gasteiger partial charge in [-0.3, -0.25) is 4.79 Å². The van der Waals surface area contributed by atoms with Crippen molar-refractivity contribution in [2.75, 3.05) is 31.1 Å². The minimum absolute atomic E-state index is 0.0114. The smallest absolute Gasteiger partial charge is 0.223 e. The molecule has 0 unspecified atom stereocenters. The number of para-hydroxylation sites is 1. The number of rotatable bonds is 5. The van der Waals surface area contributed by atoms with Crippen LogP contribution in [-0.4, -0.2) is 56.7 Å². The van der Waals surface area contributed by atoms with Crippen molar-refractivity contribution in [2.45, 2.75) is 40.5 Å². The summed E-state index contributed by atoms with van der Waals surface area (Å²) in [7, 11) is 0. The van der Waals surface area contributed by atoms with E-state index in [0.29, 0.717) is 25.9 Å². The Kier molecular flexibility index (Phi) is 6.48. The molecule has 0 aliphatic carbocycles. The summed E-state index contributed by atoms with van der Waals surface area (Å²) in [5, 5.41) is 5.85. The quantitative estimate of drug-likeness (QED) is 0.409. The van der Waals surface area contributed by atoms with Crippen molar-refractivity contribution in [1.29, 1.82) is 0 Å². The topological polar surface area (TPSA) is 67.2 Å². The van der Waals surface area contributed by atoms with Gasteiger partial charge in [0, 0.05) is 39.0 Å². The van der Waals surface area contributed by atoms with Crippen LogP contribution in [0.1, 0.15) is 44.3 Å². The van der Waals surface area contributed by atoms with Crippen LogP contribution in [0.3, 0.4) is 0 Å². The molecule has 36 heavy (non-hydrogen) atoms. The molecule has 0 saturated carbocycles. The van der Waals surface area contributed by atoms with Crippen molar-refractivity contribution in [3.05, 3.63) is 77.7 Å². The largest absolute Gasteiger partial charge is 0.352 e. The highest BCUT2D eigenvalue weighted by molar-refractivity contribution is 5.91. The second kappa shape index (κ2) is 9.72. The maximum absolute atomic E-state index is 12.8. The van der Waals surface area contributed by atoms with E-state index < -0.39 is 0 Å². The van der Waals surface area contributed by atoms with Gasteiger partial charge in [-0.05, 0) is 30.0 Å². The average Bonchev–Trinajstić information content (AvgIpc) is 3.20. The summed E-state index contributed by atoms with van der Waals surface area (Å²) in [6, 6.07) is 20.4. The minimum Gasteiger partial charge on any atom is -0.352 e. The number of piperazine rings is 1. The van der Waals surface area contributed by atoms with Gasteiger partial charge in [0.05, 0.1) is 16.8 Å². The van der Waals surface area contributed by atoms with Gasteiger partial charge in [-0.1, -0.05) is 69.3 Å². The van der Waals surface area contributed by atoms with Crippen LogP contribution in [0.4, 0.5) is 5.82 Å². The van der Waals surface area contributed by atoms with E-state index in [-0.39, 0.29) is 11.3 Å². The number of nitrogens with zero attached hydrogens (tertiary/aromatic N) is 6. The van der Waals surface area contributed by atoms with Crippen molar-refractivity contribution >= 4 is 22.8 Å². The molecule has 2 aromatic carbocycles. The van der Waals surface area contributed by atoms with Gasteiger partial charge in [-0.15, -0.1) is 0 Å². The molecule has 1 aliphatic rings. The van der Waals surface area contributed by atoms with E-state index in [9.17, 15) is 4.79 Å². The maximum atomic E-state index is 12.8. The predicted octanol–water partition coefficient (Wildman–Crippen LogP) is 4.80. The molecule has 2 aromatic heterocycles. The zero-order valence-corrected chi connectivity index (χ0v) is 21.6. The monoisotopic (exact) mass is 482 g/mol. The summed E-state index contributed by atoms with van der Waals surface area (Å²) in [6.07, 6.45) is 1.21. The molecule has 0 spiro atoms. The Balaban J connectivity index is 1.51. The number of anilines is 1. The minimum atomic E-state index is -0.0114. The van der Waals surface area contributed by atoms with Gasteiger partial charge in [-0.25, -0.2) is 14.6 Å². The second-order valence-corrected chi connectivity index (χ2v) is 10.8. The molecule has 186 valence electrons. The van der Waals surface area contributed by atoms with Crippen LogP contribution in [0, 0.1) is 12.3 Å². The van der Waals surface area contributed by atoms with Gasteiger partial charge in [-0.2, -0.15) is 5.10 Å². The van der Waals surface area contributed by atoms with Crippen LogP contribution in [0.25, 0.3) is 16.7 Å². The highest BCUT2D eigenvalue weighted by Gasteiger charge is 2.28. The van der Waals surface area contributed by atoms with Crippen LogP contribution >= 0.6 is 0 Å². The molecule has 1 aliphatic heterocycles. The molecule has 7 nitrogen and oxygen atoms in total. The van der Waals surface area contributed by atoms with E-state index >= 15 is 0 Å². The number of aryl methyl sites for hydroxylation is 1. The zero-order valence-electron chi connectivity index (χ0n) is 21.6. The first-order valence-electron chi connectivity index (χ1n) is 12.7. The molecule has 0 radical (unpaired) electrons. The van der Waals surface area contributed by atoms with E-state index in [4.69, 9.17) is 15.1 Å². The van der Waals surface area contributed by atoms with Gasteiger partial charge < -0.3 is 9.80 Å². The standard InChI is InChI=1S/C29H34N6O/c1-21-26-27(34-17-15-33(16-18-34)25(36)20-29(2,3)4)30-24(19-22-11-7-5-8-12-22)31-28(26)35(32-21)23-13-9-6-10-14-23/h5-14H,15-20H2,1-4H3. The normalized spacial score (nSPS) is 14.4. The number of hydrogen-bond acceptors (Lipinski definition) is 5. The molecule has 3 heterocycles. The number of fused-ring (bicyclic) bond motifs is 1. The van der Waals surface area contributed by atoms with Crippen molar-refractivity contribution in [2.24, 2.45) is 5.41 Å². The van der Waals surface area contributed by atoms with E-state index in [2.05, 4.69) is 37.8 Å².